The number of carboxylic acids is 1. The van der Waals surface area contributed by atoms with Crippen LogP contribution >= 0.6 is 0 Å². The molecule has 1 heterocycles. The molecule has 2 fully saturated rings. The van der Waals surface area contributed by atoms with Crippen LogP contribution in [0.4, 0.5) is 0 Å². The number of carbonyl (C=O) groups is 2. The summed E-state index contributed by atoms with van der Waals surface area (Å²) in [4.78, 5) is 25.0. The molecule has 0 atom stereocenters. The van der Waals surface area contributed by atoms with Gasteiger partial charge in [-0.15, -0.1) is 0 Å². The van der Waals surface area contributed by atoms with E-state index in [1.165, 1.54) is 10.6 Å². The summed E-state index contributed by atoms with van der Waals surface area (Å²) in [5.74, 6) is -1.35. The fourth-order valence-corrected chi connectivity index (χ4v) is 4.29. The van der Waals surface area contributed by atoms with E-state index >= 15 is 0 Å². The Kier molecular flexibility index (Phi) is 4.30. The minimum Gasteiger partial charge on any atom is -0.480 e. The highest BCUT2D eigenvalue weighted by Gasteiger charge is 2.58. The molecule has 0 aromatic heterocycles. The predicted octanol–water partition coefficient (Wildman–Crippen LogP) is 0.124. The lowest BCUT2D eigenvalue weighted by molar-refractivity contribution is -0.154. The number of piperidine rings is 1. The Labute approximate surface area is 125 Å². The first kappa shape index (κ1) is 16.2. The average molecular weight is 318 g/mol. The lowest BCUT2D eigenvalue weighted by Gasteiger charge is -2.37. The standard InChI is InChI=1S/C13H22N2O5S/c1-3-15(21(2,19)20)10-4-8-14(9-5-10)11(16)13(6-7-13)12(17)18/h10H,3-9H2,1-2H3,(H,17,18). The molecule has 0 bridgehead atoms. The minimum atomic E-state index is -3.25. The number of likely N-dealkylation sites (tertiary alicyclic amines) is 1. The van der Waals surface area contributed by atoms with Crippen LogP contribution in [0.1, 0.15) is 32.6 Å². The molecule has 1 aliphatic carbocycles. The number of carbonyl (C=O) groups excluding carboxylic acids is 1. The summed E-state index contributed by atoms with van der Waals surface area (Å²) in [7, 11) is -3.25. The molecular formula is C13H22N2O5S. The zero-order chi connectivity index (χ0) is 15.8. The number of hydrogen-bond acceptors (Lipinski definition) is 4. The smallest absolute Gasteiger partial charge is 0.319 e. The van der Waals surface area contributed by atoms with Crippen LogP contribution in [0.15, 0.2) is 0 Å². The molecule has 1 N–H and O–H groups in total. The third-order valence-corrected chi connectivity index (χ3v) is 5.87. The van der Waals surface area contributed by atoms with E-state index < -0.39 is 21.4 Å². The van der Waals surface area contributed by atoms with Gasteiger partial charge in [0.2, 0.25) is 15.9 Å². The van der Waals surface area contributed by atoms with Gasteiger partial charge in [0.05, 0.1) is 6.26 Å². The van der Waals surface area contributed by atoms with Gasteiger partial charge >= 0.3 is 5.97 Å². The molecule has 2 rings (SSSR count). The molecule has 120 valence electrons. The van der Waals surface area contributed by atoms with Crippen molar-refractivity contribution in [2.24, 2.45) is 5.41 Å². The maximum atomic E-state index is 12.3. The highest BCUT2D eigenvalue weighted by atomic mass is 32.2. The largest absolute Gasteiger partial charge is 0.480 e. The fraction of sp³-hybridized carbons (Fsp3) is 0.846. The molecule has 1 saturated heterocycles. The van der Waals surface area contributed by atoms with Crippen LogP contribution in [-0.2, 0) is 19.6 Å². The number of carboxylic acid groups (broad SMARTS) is 1. The van der Waals surface area contributed by atoms with Gasteiger partial charge in [0.1, 0.15) is 5.41 Å². The molecule has 0 aromatic carbocycles. The molecule has 0 unspecified atom stereocenters. The summed E-state index contributed by atoms with van der Waals surface area (Å²) in [6.07, 6.45) is 3.12. The van der Waals surface area contributed by atoms with E-state index in [1.807, 2.05) is 0 Å². The first-order valence-corrected chi connectivity index (χ1v) is 9.07. The van der Waals surface area contributed by atoms with Crippen molar-refractivity contribution in [1.29, 1.82) is 0 Å². The Hall–Kier alpha value is -1.15. The van der Waals surface area contributed by atoms with Crippen LogP contribution in [0, 0.1) is 5.41 Å². The highest BCUT2D eigenvalue weighted by Crippen LogP contribution is 2.47. The van der Waals surface area contributed by atoms with E-state index in [9.17, 15) is 18.0 Å². The second-order valence-electron chi connectivity index (χ2n) is 5.88. The summed E-state index contributed by atoms with van der Waals surface area (Å²) in [6.45, 7) is 3.05. The van der Waals surface area contributed by atoms with Crippen molar-refractivity contribution in [3.05, 3.63) is 0 Å². The van der Waals surface area contributed by atoms with E-state index in [0.717, 1.165) is 0 Å². The van der Waals surface area contributed by atoms with Crippen LogP contribution in [0.2, 0.25) is 0 Å². The zero-order valence-corrected chi connectivity index (χ0v) is 13.2. The molecule has 1 saturated carbocycles. The molecular weight excluding hydrogens is 296 g/mol. The molecule has 0 spiro atoms. The van der Waals surface area contributed by atoms with E-state index in [1.54, 1.807) is 11.8 Å². The Morgan fingerprint density at radius 1 is 1.29 bits per heavy atom. The summed E-state index contributed by atoms with van der Waals surface area (Å²) in [5.41, 5.74) is -1.20. The lowest BCUT2D eigenvalue weighted by Crippen LogP contribution is -2.50. The molecule has 21 heavy (non-hydrogen) atoms. The van der Waals surface area contributed by atoms with Crippen molar-refractivity contribution in [2.45, 2.75) is 38.6 Å². The Bertz CT molecular complexity index is 533. The van der Waals surface area contributed by atoms with Crippen molar-refractivity contribution in [1.82, 2.24) is 9.21 Å². The predicted molar refractivity (Wildman–Crippen MR) is 76.1 cm³/mol. The van der Waals surface area contributed by atoms with E-state index in [0.29, 0.717) is 45.3 Å². The van der Waals surface area contributed by atoms with Crippen LogP contribution in [0.3, 0.4) is 0 Å². The van der Waals surface area contributed by atoms with Gasteiger partial charge in [-0.1, -0.05) is 6.92 Å². The number of rotatable bonds is 5. The van der Waals surface area contributed by atoms with Gasteiger partial charge in [0.25, 0.3) is 0 Å². The van der Waals surface area contributed by atoms with Gasteiger partial charge in [-0.3, -0.25) is 9.59 Å². The first-order chi connectivity index (χ1) is 9.72. The van der Waals surface area contributed by atoms with Crippen molar-refractivity contribution in [3.8, 4) is 0 Å². The molecule has 0 radical (unpaired) electrons. The van der Waals surface area contributed by atoms with Crippen molar-refractivity contribution < 1.29 is 23.1 Å². The SMILES string of the molecule is CCN(C1CCN(C(=O)C2(C(=O)O)CC2)CC1)S(C)(=O)=O. The summed E-state index contributed by atoms with van der Waals surface area (Å²) in [6, 6.07) is -0.103. The van der Waals surface area contributed by atoms with Crippen LogP contribution in [-0.4, -0.2) is 66.5 Å². The molecule has 1 aliphatic heterocycles. The van der Waals surface area contributed by atoms with Gasteiger partial charge < -0.3 is 10.0 Å². The van der Waals surface area contributed by atoms with Gasteiger partial charge in [-0.2, -0.15) is 4.31 Å². The molecule has 0 aromatic rings. The monoisotopic (exact) mass is 318 g/mol. The fourth-order valence-electron chi connectivity index (χ4n) is 3.07. The molecule has 8 heteroatoms. The second kappa shape index (κ2) is 5.57. The van der Waals surface area contributed by atoms with Gasteiger partial charge in [-0.25, -0.2) is 8.42 Å². The minimum absolute atomic E-state index is 0.103. The number of nitrogens with zero attached hydrogens (tertiary/aromatic N) is 2. The quantitative estimate of drug-likeness (QED) is 0.727. The first-order valence-electron chi connectivity index (χ1n) is 7.22. The normalized spacial score (nSPS) is 22.3. The average Bonchev–Trinajstić information content (AvgIpc) is 3.19. The third kappa shape index (κ3) is 3.06. The Morgan fingerprint density at radius 2 is 1.81 bits per heavy atom. The zero-order valence-electron chi connectivity index (χ0n) is 12.4. The van der Waals surface area contributed by atoms with Gasteiger partial charge in [-0.05, 0) is 25.7 Å². The Morgan fingerprint density at radius 3 is 2.14 bits per heavy atom. The van der Waals surface area contributed by atoms with E-state index in [2.05, 4.69) is 0 Å². The molecule has 1 amide bonds. The summed E-state index contributed by atoms with van der Waals surface area (Å²) in [5, 5.41) is 9.15. The van der Waals surface area contributed by atoms with E-state index in [4.69, 9.17) is 5.11 Å². The van der Waals surface area contributed by atoms with Crippen molar-refractivity contribution in [2.75, 3.05) is 25.9 Å². The van der Waals surface area contributed by atoms with Crippen LogP contribution < -0.4 is 0 Å². The highest BCUT2D eigenvalue weighted by molar-refractivity contribution is 7.88. The van der Waals surface area contributed by atoms with Gasteiger partial charge in [0.15, 0.2) is 0 Å². The maximum absolute atomic E-state index is 12.3. The van der Waals surface area contributed by atoms with Crippen molar-refractivity contribution >= 4 is 21.9 Å². The number of sulfonamides is 1. The maximum Gasteiger partial charge on any atom is 0.319 e. The second-order valence-corrected chi connectivity index (χ2v) is 7.81. The topological polar surface area (TPSA) is 95.0 Å². The number of amides is 1. The molecule has 2 aliphatic rings. The lowest BCUT2D eigenvalue weighted by atomic mass is 10.0. The van der Waals surface area contributed by atoms with Crippen molar-refractivity contribution in [3.63, 3.8) is 0 Å². The Balaban J connectivity index is 1.98. The van der Waals surface area contributed by atoms with Gasteiger partial charge in [0, 0.05) is 25.7 Å². The number of hydrogen-bond donors (Lipinski definition) is 1. The molecule has 7 nitrogen and oxygen atoms in total. The van der Waals surface area contributed by atoms with E-state index in [-0.39, 0.29) is 11.9 Å². The number of aliphatic carboxylic acids is 1. The van der Waals surface area contributed by atoms with Crippen LogP contribution in [0.5, 0.6) is 0 Å². The third-order valence-electron chi connectivity index (χ3n) is 4.47. The summed E-state index contributed by atoms with van der Waals surface area (Å²) >= 11 is 0. The van der Waals surface area contributed by atoms with Crippen LogP contribution in [0.25, 0.3) is 0 Å². The summed E-state index contributed by atoms with van der Waals surface area (Å²) < 4.78 is 24.9.